The number of carbonyl (C=O) groups is 3. The van der Waals surface area contributed by atoms with E-state index in [0.717, 1.165) is 148 Å². The molecule has 0 fully saturated rings. The number of rotatable bonds is 57. The van der Waals surface area contributed by atoms with E-state index in [9.17, 15) is 43.5 Å². The number of phosphoric acid groups is 2. The minimum Gasteiger partial charge on any atom is -0.463 e. The summed E-state index contributed by atoms with van der Waals surface area (Å²) in [6.07, 6.45) is 59.0. The first-order valence-electron chi connectivity index (χ1n) is 30.5. The Hall–Kier alpha value is -3.53. The zero-order valence-electron chi connectivity index (χ0n) is 49.9. The van der Waals surface area contributed by atoms with Crippen molar-refractivity contribution in [2.75, 3.05) is 39.6 Å². The molecule has 0 aromatic carbocycles. The third kappa shape index (κ3) is 58.1. The van der Waals surface area contributed by atoms with Gasteiger partial charge >= 0.3 is 33.6 Å². The molecule has 0 bridgehead atoms. The highest BCUT2D eigenvalue weighted by molar-refractivity contribution is 7.47. The summed E-state index contributed by atoms with van der Waals surface area (Å²) in [5.41, 5.74) is 0. The highest BCUT2D eigenvalue weighted by Crippen LogP contribution is 2.45. The van der Waals surface area contributed by atoms with Gasteiger partial charge in [0.2, 0.25) is 0 Å². The number of carbonyl (C=O) groups excluding carboxylic acids is 3. The number of hydrogen-bond donors (Lipinski definition) is 4. The molecule has 5 atom stereocenters. The summed E-state index contributed by atoms with van der Waals surface area (Å²) < 4.78 is 60.6. The largest absolute Gasteiger partial charge is 0.472 e. The van der Waals surface area contributed by atoms with Crippen molar-refractivity contribution in [3.05, 3.63) is 97.2 Å². The fraction of sp³-hybridized carbons (Fsp3) is 0.698. The number of hydrogen-bond acceptors (Lipinski definition) is 14. The van der Waals surface area contributed by atoms with Gasteiger partial charge in [0.15, 0.2) is 6.10 Å². The SMILES string of the molecule is CC/C=C\C/C=C\C/C=C\CCCCCCCC(=O)OCC(O)COP(=O)(O)OCC(O)COP(=O)(O)OCC(COC(=O)CCCCCCC/C=C\C/C=C\C/C=C\CC)OC(=O)CCCCCCC/C=C\C/C=C\CCCCC. The zero-order valence-corrected chi connectivity index (χ0v) is 51.7. The quantitative estimate of drug-likeness (QED) is 0.0146. The second-order valence-corrected chi connectivity index (χ2v) is 23.0. The summed E-state index contributed by atoms with van der Waals surface area (Å²) >= 11 is 0. The lowest BCUT2D eigenvalue weighted by Crippen LogP contribution is -2.30. The van der Waals surface area contributed by atoms with E-state index >= 15 is 0 Å². The summed E-state index contributed by atoms with van der Waals surface area (Å²) in [6.45, 7) is 2.33. The summed E-state index contributed by atoms with van der Waals surface area (Å²) in [5, 5.41) is 20.5. The van der Waals surface area contributed by atoms with Crippen LogP contribution in [0.25, 0.3) is 0 Å². The molecule has 0 aliphatic heterocycles. The first-order chi connectivity index (χ1) is 39.2. The van der Waals surface area contributed by atoms with E-state index in [-0.39, 0.29) is 19.3 Å². The molecule has 0 amide bonds. The topological polar surface area (TPSA) is 231 Å². The molecular weight excluding hydrogens is 1070 g/mol. The van der Waals surface area contributed by atoms with Crippen LogP contribution in [0.2, 0.25) is 0 Å². The number of phosphoric ester groups is 2. The Labute approximate surface area is 488 Å². The minimum absolute atomic E-state index is 0.0827. The van der Waals surface area contributed by atoms with Crippen LogP contribution in [0.1, 0.15) is 226 Å². The Balaban J connectivity index is 4.77. The van der Waals surface area contributed by atoms with Crippen LogP contribution < -0.4 is 0 Å². The van der Waals surface area contributed by atoms with Gasteiger partial charge < -0.3 is 34.2 Å². The maximum absolute atomic E-state index is 12.9. The minimum atomic E-state index is -4.93. The molecule has 0 radical (unpaired) electrons. The Bertz CT molecular complexity index is 1870. The summed E-state index contributed by atoms with van der Waals surface area (Å²) in [5.74, 6) is -1.63. The summed E-state index contributed by atoms with van der Waals surface area (Å²) in [4.78, 5) is 58.1. The highest BCUT2D eigenvalue weighted by atomic mass is 31.2. The van der Waals surface area contributed by atoms with Gasteiger partial charge in [-0.3, -0.25) is 32.5 Å². The van der Waals surface area contributed by atoms with E-state index in [1.165, 1.54) is 19.3 Å². The van der Waals surface area contributed by atoms with Crippen molar-refractivity contribution in [1.82, 2.24) is 0 Å². The summed E-state index contributed by atoms with van der Waals surface area (Å²) in [6, 6.07) is 0. The van der Waals surface area contributed by atoms with E-state index < -0.39 is 91.5 Å². The van der Waals surface area contributed by atoms with Gasteiger partial charge in [-0.2, -0.15) is 0 Å². The predicted molar refractivity (Wildman–Crippen MR) is 325 cm³/mol. The number of aliphatic hydroxyl groups is 2. The van der Waals surface area contributed by atoms with Gasteiger partial charge in [0.25, 0.3) is 0 Å². The van der Waals surface area contributed by atoms with Gasteiger partial charge in [-0.1, -0.05) is 189 Å². The second-order valence-electron chi connectivity index (χ2n) is 20.1. The number of unbranched alkanes of at least 4 members (excludes halogenated alkanes) is 18. The predicted octanol–water partition coefficient (Wildman–Crippen LogP) is 16.0. The second kappa shape index (κ2) is 56.9. The van der Waals surface area contributed by atoms with Crippen molar-refractivity contribution < 1.29 is 75.8 Å². The maximum atomic E-state index is 12.9. The van der Waals surface area contributed by atoms with Crippen molar-refractivity contribution in [3.63, 3.8) is 0 Å². The molecule has 0 aromatic heterocycles. The van der Waals surface area contributed by atoms with Crippen molar-refractivity contribution >= 4 is 33.6 Å². The molecule has 0 aromatic rings. The van der Waals surface area contributed by atoms with Crippen LogP contribution in [-0.4, -0.2) is 95.9 Å². The molecule has 466 valence electrons. The van der Waals surface area contributed by atoms with E-state index in [0.29, 0.717) is 19.3 Å². The first kappa shape index (κ1) is 77.5. The lowest BCUT2D eigenvalue weighted by Gasteiger charge is -2.21. The van der Waals surface area contributed by atoms with Crippen LogP contribution in [0, 0.1) is 0 Å². The van der Waals surface area contributed by atoms with Crippen molar-refractivity contribution in [2.24, 2.45) is 0 Å². The van der Waals surface area contributed by atoms with Crippen LogP contribution in [0.15, 0.2) is 97.2 Å². The number of esters is 3. The van der Waals surface area contributed by atoms with Crippen LogP contribution in [0.4, 0.5) is 0 Å². The molecule has 0 heterocycles. The lowest BCUT2D eigenvalue weighted by molar-refractivity contribution is -0.161. The number of aliphatic hydroxyl groups excluding tert-OH is 2. The maximum Gasteiger partial charge on any atom is 0.472 e. The Morgan fingerprint density at radius 2 is 0.654 bits per heavy atom. The first-order valence-corrected chi connectivity index (χ1v) is 33.5. The molecule has 81 heavy (non-hydrogen) atoms. The van der Waals surface area contributed by atoms with E-state index in [1.807, 2.05) is 0 Å². The van der Waals surface area contributed by atoms with E-state index in [4.69, 9.17) is 32.3 Å². The van der Waals surface area contributed by atoms with Crippen molar-refractivity contribution in [2.45, 2.75) is 245 Å². The smallest absolute Gasteiger partial charge is 0.463 e. The lowest BCUT2D eigenvalue weighted by atomic mass is 10.1. The average Bonchev–Trinajstić information content (AvgIpc) is 3.45. The Morgan fingerprint density at radius 1 is 0.358 bits per heavy atom. The van der Waals surface area contributed by atoms with E-state index in [1.54, 1.807) is 0 Å². The average molecular weight is 1180 g/mol. The Morgan fingerprint density at radius 3 is 1.04 bits per heavy atom. The molecule has 0 saturated carbocycles. The van der Waals surface area contributed by atoms with Gasteiger partial charge in [-0.15, -0.1) is 0 Å². The molecule has 0 rings (SSSR count). The number of ether oxygens (including phenoxy) is 3. The molecule has 0 spiro atoms. The van der Waals surface area contributed by atoms with Crippen LogP contribution in [0.5, 0.6) is 0 Å². The monoisotopic (exact) mass is 1180 g/mol. The summed E-state index contributed by atoms with van der Waals surface area (Å²) in [7, 11) is -9.78. The zero-order chi connectivity index (χ0) is 59.6. The fourth-order valence-electron chi connectivity index (χ4n) is 7.63. The van der Waals surface area contributed by atoms with Crippen LogP contribution in [0.3, 0.4) is 0 Å². The fourth-order valence-corrected chi connectivity index (χ4v) is 9.21. The van der Waals surface area contributed by atoms with Gasteiger partial charge in [-0.05, 0) is 116 Å². The normalized spacial score (nSPS) is 15.1. The molecular formula is C63H108O16P2. The third-order valence-corrected chi connectivity index (χ3v) is 14.2. The van der Waals surface area contributed by atoms with Crippen molar-refractivity contribution in [1.29, 1.82) is 0 Å². The molecule has 18 heteroatoms. The molecule has 4 N–H and O–H groups in total. The molecule has 0 aliphatic carbocycles. The standard InChI is InChI=1S/C63H108O16P2/c1-4-7-10-13-16-19-22-25-28-31-34-37-40-43-46-49-61(66)73-52-58(64)53-75-80(69,70)76-54-59(65)55-77-81(71,72)78-57-60(79-63(68)51-48-45-42-39-36-33-30-27-24-21-18-15-12-9-6-3)56-74-62(67)50-47-44-41-38-35-32-29-26-23-20-17-14-11-8-5-2/h7-8,10-11,16-21,25-30,58-60,64-65H,4-6,9,12-15,22-24,31-57H2,1-3H3,(H,69,70)(H,71,72)/b10-7-,11-8-,19-16-,20-17-,21-18-,28-25-,29-26-,30-27-. The van der Waals surface area contributed by atoms with Crippen LogP contribution in [-0.2, 0) is 55.8 Å². The molecule has 16 nitrogen and oxygen atoms in total. The third-order valence-electron chi connectivity index (χ3n) is 12.3. The van der Waals surface area contributed by atoms with Gasteiger partial charge in [0.05, 0.1) is 26.4 Å². The van der Waals surface area contributed by atoms with E-state index in [2.05, 4.69) is 118 Å². The van der Waals surface area contributed by atoms with Crippen molar-refractivity contribution in [3.8, 4) is 0 Å². The number of allylic oxidation sites excluding steroid dienone is 16. The molecule has 5 unspecified atom stereocenters. The van der Waals surface area contributed by atoms with Gasteiger partial charge in [-0.25, -0.2) is 9.13 Å². The van der Waals surface area contributed by atoms with Crippen LogP contribution >= 0.6 is 15.6 Å². The Kier molecular flexibility index (Phi) is 54.4. The van der Waals surface area contributed by atoms with Gasteiger partial charge in [0.1, 0.15) is 25.4 Å². The van der Waals surface area contributed by atoms with Gasteiger partial charge in [0, 0.05) is 19.3 Å². The molecule has 0 aliphatic rings. The highest BCUT2D eigenvalue weighted by Gasteiger charge is 2.29. The molecule has 0 saturated heterocycles.